The van der Waals surface area contributed by atoms with Gasteiger partial charge in [-0.15, -0.1) is 0 Å². The quantitative estimate of drug-likeness (QED) is 0.652. The molecule has 0 spiro atoms. The highest BCUT2D eigenvalue weighted by atomic mass is 16.3. The Morgan fingerprint density at radius 2 is 2.29 bits per heavy atom. The second kappa shape index (κ2) is 6.97. The first-order valence-electron chi connectivity index (χ1n) is 6.81. The van der Waals surface area contributed by atoms with Gasteiger partial charge in [0.25, 0.3) is 0 Å². The molecule has 3 N–H and O–H groups in total. The lowest BCUT2D eigenvalue weighted by atomic mass is 9.76. The number of amides is 1. The van der Waals surface area contributed by atoms with Gasteiger partial charge in [-0.05, 0) is 32.2 Å². The van der Waals surface area contributed by atoms with Gasteiger partial charge in [0, 0.05) is 6.54 Å². The number of aliphatic hydroxyl groups excluding tert-OH is 1. The highest BCUT2D eigenvalue weighted by Gasteiger charge is 2.39. The number of hydrogen-bond acceptors (Lipinski definition) is 3. The standard InChI is InChI=1S/C13H26N2O2/c1-3-6-13(7-5-8-14-10-13)12(17)15-11(4-2)9-16/h11,14,16H,3-10H2,1-2H3,(H,15,17)/t11-,13?/m0/s1. The van der Waals surface area contributed by atoms with Crippen molar-refractivity contribution >= 4 is 5.91 Å². The van der Waals surface area contributed by atoms with Crippen molar-refractivity contribution in [1.29, 1.82) is 0 Å². The summed E-state index contributed by atoms with van der Waals surface area (Å²) in [6, 6.07) is -0.0989. The van der Waals surface area contributed by atoms with Crippen molar-refractivity contribution < 1.29 is 9.90 Å². The highest BCUT2D eigenvalue weighted by molar-refractivity contribution is 5.83. The number of aliphatic hydroxyl groups is 1. The van der Waals surface area contributed by atoms with Crippen molar-refractivity contribution in [3.8, 4) is 0 Å². The Kier molecular flexibility index (Phi) is 5.92. The zero-order valence-corrected chi connectivity index (χ0v) is 11.1. The van der Waals surface area contributed by atoms with E-state index in [1.165, 1.54) is 0 Å². The van der Waals surface area contributed by atoms with Gasteiger partial charge < -0.3 is 15.7 Å². The molecule has 0 aromatic heterocycles. The van der Waals surface area contributed by atoms with Crippen LogP contribution in [0.4, 0.5) is 0 Å². The molecule has 100 valence electrons. The molecule has 0 radical (unpaired) electrons. The van der Waals surface area contributed by atoms with E-state index < -0.39 is 0 Å². The molecule has 1 aliphatic heterocycles. The monoisotopic (exact) mass is 242 g/mol. The zero-order chi connectivity index (χ0) is 12.7. The molecule has 2 atom stereocenters. The molecule has 1 aliphatic rings. The largest absolute Gasteiger partial charge is 0.394 e. The Bertz CT molecular complexity index is 228. The first-order valence-corrected chi connectivity index (χ1v) is 6.81. The normalized spacial score (nSPS) is 26.5. The molecule has 4 nitrogen and oxygen atoms in total. The average Bonchev–Trinajstić information content (AvgIpc) is 2.37. The van der Waals surface area contributed by atoms with Crippen LogP contribution in [0.5, 0.6) is 0 Å². The Hall–Kier alpha value is -0.610. The predicted molar refractivity (Wildman–Crippen MR) is 68.8 cm³/mol. The minimum absolute atomic E-state index is 0.0257. The van der Waals surface area contributed by atoms with Gasteiger partial charge in [0.2, 0.25) is 5.91 Å². The first-order chi connectivity index (χ1) is 8.18. The lowest BCUT2D eigenvalue weighted by molar-refractivity contribution is -0.133. The number of nitrogens with one attached hydrogen (secondary N) is 2. The second-order valence-electron chi connectivity index (χ2n) is 5.07. The molecule has 1 amide bonds. The van der Waals surface area contributed by atoms with E-state index in [1.807, 2.05) is 6.92 Å². The summed E-state index contributed by atoms with van der Waals surface area (Å²) in [4.78, 5) is 12.4. The maximum Gasteiger partial charge on any atom is 0.227 e. The Balaban J connectivity index is 2.65. The summed E-state index contributed by atoms with van der Waals surface area (Å²) in [7, 11) is 0. The van der Waals surface area contributed by atoms with Gasteiger partial charge in [-0.2, -0.15) is 0 Å². The van der Waals surface area contributed by atoms with E-state index in [2.05, 4.69) is 17.6 Å². The molecular formula is C13H26N2O2. The van der Waals surface area contributed by atoms with Gasteiger partial charge in [0.1, 0.15) is 0 Å². The van der Waals surface area contributed by atoms with Crippen molar-refractivity contribution in [3.05, 3.63) is 0 Å². The maximum atomic E-state index is 12.4. The van der Waals surface area contributed by atoms with Crippen molar-refractivity contribution in [2.24, 2.45) is 5.41 Å². The zero-order valence-electron chi connectivity index (χ0n) is 11.1. The van der Waals surface area contributed by atoms with Gasteiger partial charge in [-0.3, -0.25) is 4.79 Å². The van der Waals surface area contributed by atoms with Crippen molar-refractivity contribution in [3.63, 3.8) is 0 Å². The number of rotatable bonds is 6. The minimum Gasteiger partial charge on any atom is -0.394 e. The summed E-state index contributed by atoms with van der Waals surface area (Å²) >= 11 is 0. The van der Waals surface area contributed by atoms with Gasteiger partial charge in [-0.25, -0.2) is 0 Å². The van der Waals surface area contributed by atoms with Crippen LogP contribution in [0.15, 0.2) is 0 Å². The van der Waals surface area contributed by atoms with Gasteiger partial charge in [-0.1, -0.05) is 20.3 Å². The predicted octanol–water partition coefficient (Wildman–Crippen LogP) is 1.04. The SMILES string of the molecule is CCCC1(C(=O)N[C@@H](CC)CO)CCCNC1. The van der Waals surface area contributed by atoms with Crippen molar-refractivity contribution in [2.45, 2.75) is 52.0 Å². The minimum atomic E-state index is -0.254. The summed E-state index contributed by atoms with van der Waals surface area (Å²) in [6.45, 7) is 5.90. The van der Waals surface area contributed by atoms with Crippen LogP contribution in [0.2, 0.25) is 0 Å². The van der Waals surface area contributed by atoms with Crippen LogP contribution < -0.4 is 10.6 Å². The van der Waals surface area contributed by atoms with Crippen molar-refractivity contribution in [2.75, 3.05) is 19.7 Å². The third kappa shape index (κ3) is 3.68. The van der Waals surface area contributed by atoms with E-state index in [9.17, 15) is 4.79 Å². The first kappa shape index (κ1) is 14.5. The lowest BCUT2D eigenvalue weighted by Crippen LogP contribution is -2.53. The van der Waals surface area contributed by atoms with E-state index in [1.54, 1.807) is 0 Å². The van der Waals surface area contributed by atoms with E-state index in [4.69, 9.17) is 5.11 Å². The van der Waals surface area contributed by atoms with Gasteiger partial charge >= 0.3 is 0 Å². The maximum absolute atomic E-state index is 12.4. The van der Waals surface area contributed by atoms with Crippen LogP contribution in [0.25, 0.3) is 0 Å². The Morgan fingerprint density at radius 1 is 1.53 bits per heavy atom. The fraction of sp³-hybridized carbons (Fsp3) is 0.923. The summed E-state index contributed by atoms with van der Waals surface area (Å²) in [6.07, 6.45) is 4.74. The molecule has 0 aromatic rings. The Labute approximate surface area is 104 Å². The van der Waals surface area contributed by atoms with Gasteiger partial charge in [0.05, 0.1) is 18.1 Å². The number of piperidine rings is 1. The molecule has 1 saturated heterocycles. The third-order valence-corrected chi connectivity index (χ3v) is 3.73. The van der Waals surface area contributed by atoms with Crippen molar-refractivity contribution in [1.82, 2.24) is 10.6 Å². The highest BCUT2D eigenvalue weighted by Crippen LogP contribution is 2.32. The number of carbonyl (C=O) groups excluding carboxylic acids is 1. The molecule has 4 heteroatoms. The summed E-state index contributed by atoms with van der Waals surface area (Å²) in [5, 5.41) is 15.5. The average molecular weight is 242 g/mol. The van der Waals surface area contributed by atoms with E-state index in [0.717, 1.165) is 45.2 Å². The van der Waals surface area contributed by atoms with Crippen LogP contribution in [0, 0.1) is 5.41 Å². The second-order valence-corrected chi connectivity index (χ2v) is 5.07. The van der Waals surface area contributed by atoms with Crippen LogP contribution in [0.3, 0.4) is 0 Å². The van der Waals surface area contributed by atoms with Crippen LogP contribution in [0.1, 0.15) is 46.0 Å². The summed E-state index contributed by atoms with van der Waals surface area (Å²) in [5.41, 5.74) is -0.254. The molecule has 1 heterocycles. The molecular weight excluding hydrogens is 216 g/mol. The molecule has 0 bridgehead atoms. The molecule has 1 unspecified atom stereocenters. The van der Waals surface area contributed by atoms with Gasteiger partial charge in [0.15, 0.2) is 0 Å². The van der Waals surface area contributed by atoms with E-state index in [0.29, 0.717) is 0 Å². The van der Waals surface area contributed by atoms with Crippen LogP contribution in [-0.4, -0.2) is 36.8 Å². The smallest absolute Gasteiger partial charge is 0.227 e. The molecule has 0 aliphatic carbocycles. The van der Waals surface area contributed by atoms with Crippen LogP contribution >= 0.6 is 0 Å². The topological polar surface area (TPSA) is 61.4 Å². The molecule has 1 fully saturated rings. The summed E-state index contributed by atoms with van der Waals surface area (Å²) in [5.74, 6) is 0.118. The number of hydrogen-bond donors (Lipinski definition) is 3. The molecule has 0 saturated carbocycles. The molecule has 0 aromatic carbocycles. The fourth-order valence-electron chi connectivity index (χ4n) is 2.58. The summed E-state index contributed by atoms with van der Waals surface area (Å²) < 4.78 is 0. The Morgan fingerprint density at radius 3 is 2.76 bits per heavy atom. The number of carbonyl (C=O) groups is 1. The van der Waals surface area contributed by atoms with E-state index in [-0.39, 0.29) is 24.0 Å². The molecule has 17 heavy (non-hydrogen) atoms. The molecule has 1 rings (SSSR count). The van der Waals surface area contributed by atoms with E-state index >= 15 is 0 Å². The van der Waals surface area contributed by atoms with Crippen LogP contribution in [-0.2, 0) is 4.79 Å². The fourth-order valence-corrected chi connectivity index (χ4v) is 2.58. The lowest BCUT2D eigenvalue weighted by Gasteiger charge is -2.37. The third-order valence-electron chi connectivity index (χ3n) is 3.73.